The molecule has 2 atom stereocenters. The molecule has 0 aliphatic carbocycles. The first-order valence-corrected chi connectivity index (χ1v) is 7.49. The van der Waals surface area contributed by atoms with Gasteiger partial charge in [0.15, 0.2) is 5.13 Å². The highest BCUT2D eigenvalue weighted by molar-refractivity contribution is 7.21. The lowest BCUT2D eigenvalue weighted by atomic mass is 10.2. The standard InChI is InChI=1S/C13H15F3N4S/c1-7-5-20(6-8(2)18-7)12-19-10-3-9(13(14,15)16)4-17-11(10)21-12/h3-4,7-8,18H,5-6H2,1-2H3/t7-,8+. The molecule has 0 aromatic carbocycles. The molecule has 1 saturated heterocycles. The fourth-order valence-corrected chi connectivity index (χ4v) is 3.49. The zero-order valence-electron chi connectivity index (χ0n) is 11.6. The van der Waals surface area contributed by atoms with Gasteiger partial charge in [-0.2, -0.15) is 13.2 Å². The zero-order valence-corrected chi connectivity index (χ0v) is 12.4. The SMILES string of the molecule is C[C@@H]1CN(c2nc3cc(C(F)(F)F)cnc3s2)C[C@H](C)N1. The molecule has 3 heterocycles. The van der Waals surface area contributed by atoms with Crippen LogP contribution in [0.4, 0.5) is 18.3 Å². The largest absolute Gasteiger partial charge is 0.417 e. The second-order valence-electron chi connectivity index (χ2n) is 5.42. The first kappa shape index (κ1) is 14.5. The number of thiazole rings is 1. The molecule has 0 bridgehead atoms. The summed E-state index contributed by atoms with van der Waals surface area (Å²) < 4.78 is 38.1. The monoisotopic (exact) mass is 316 g/mol. The van der Waals surface area contributed by atoms with Gasteiger partial charge in [0.05, 0.1) is 5.56 Å². The van der Waals surface area contributed by atoms with Crippen molar-refractivity contribution in [2.24, 2.45) is 0 Å². The number of aromatic nitrogens is 2. The second kappa shape index (κ2) is 5.10. The number of hydrogen-bond donors (Lipinski definition) is 1. The molecule has 1 aliphatic heterocycles. The highest BCUT2D eigenvalue weighted by Crippen LogP contribution is 2.33. The molecule has 4 nitrogen and oxygen atoms in total. The van der Waals surface area contributed by atoms with Gasteiger partial charge in [0.25, 0.3) is 0 Å². The number of alkyl halides is 3. The molecule has 0 radical (unpaired) electrons. The van der Waals surface area contributed by atoms with Gasteiger partial charge in [-0.25, -0.2) is 9.97 Å². The van der Waals surface area contributed by atoms with E-state index in [0.29, 0.717) is 22.4 Å². The minimum atomic E-state index is -4.39. The number of piperazine rings is 1. The van der Waals surface area contributed by atoms with Gasteiger partial charge in [-0.3, -0.25) is 0 Å². The molecule has 1 N–H and O–H groups in total. The molecule has 8 heteroatoms. The maximum atomic E-state index is 12.7. The van der Waals surface area contributed by atoms with Crippen LogP contribution in [0.5, 0.6) is 0 Å². The molecule has 1 aliphatic rings. The van der Waals surface area contributed by atoms with Crippen LogP contribution in [-0.2, 0) is 6.18 Å². The summed E-state index contributed by atoms with van der Waals surface area (Å²) in [6.45, 7) is 5.73. The van der Waals surface area contributed by atoms with Crippen LogP contribution in [-0.4, -0.2) is 35.1 Å². The van der Waals surface area contributed by atoms with Crippen molar-refractivity contribution in [3.05, 3.63) is 17.8 Å². The molecule has 3 rings (SSSR count). The molecule has 0 amide bonds. The van der Waals surface area contributed by atoms with Crippen LogP contribution in [0.15, 0.2) is 12.3 Å². The number of rotatable bonds is 1. The number of anilines is 1. The van der Waals surface area contributed by atoms with Gasteiger partial charge in [-0.05, 0) is 19.9 Å². The van der Waals surface area contributed by atoms with Gasteiger partial charge in [-0.1, -0.05) is 11.3 Å². The third kappa shape index (κ3) is 2.96. The Bertz CT molecular complexity index is 644. The van der Waals surface area contributed by atoms with E-state index in [1.165, 1.54) is 11.3 Å². The molecule has 0 spiro atoms. The minimum absolute atomic E-state index is 0.309. The quantitative estimate of drug-likeness (QED) is 0.878. The van der Waals surface area contributed by atoms with E-state index in [2.05, 4.69) is 34.0 Å². The van der Waals surface area contributed by atoms with E-state index in [1.54, 1.807) is 0 Å². The molecular formula is C13H15F3N4S. The first-order chi connectivity index (χ1) is 9.83. The van der Waals surface area contributed by atoms with Crippen molar-refractivity contribution in [1.82, 2.24) is 15.3 Å². The zero-order chi connectivity index (χ0) is 15.2. The third-order valence-electron chi connectivity index (χ3n) is 3.39. The number of hydrogen-bond acceptors (Lipinski definition) is 5. The van der Waals surface area contributed by atoms with Crippen molar-refractivity contribution < 1.29 is 13.2 Å². The van der Waals surface area contributed by atoms with Crippen LogP contribution < -0.4 is 10.2 Å². The normalized spacial score (nSPS) is 23.8. The summed E-state index contributed by atoms with van der Waals surface area (Å²) in [7, 11) is 0. The van der Waals surface area contributed by atoms with Gasteiger partial charge < -0.3 is 10.2 Å². The maximum absolute atomic E-state index is 12.7. The Balaban J connectivity index is 1.94. The van der Waals surface area contributed by atoms with Gasteiger partial charge >= 0.3 is 6.18 Å². The number of nitrogens with zero attached hydrogens (tertiary/aromatic N) is 3. The number of halogens is 3. The molecule has 2 aromatic rings. The summed E-state index contributed by atoms with van der Waals surface area (Å²) in [5.41, 5.74) is -0.447. The van der Waals surface area contributed by atoms with Crippen molar-refractivity contribution in [2.45, 2.75) is 32.1 Å². The van der Waals surface area contributed by atoms with Gasteiger partial charge in [0.2, 0.25) is 0 Å². The van der Waals surface area contributed by atoms with Crippen molar-refractivity contribution in [2.75, 3.05) is 18.0 Å². The Hall–Kier alpha value is -1.41. The second-order valence-corrected chi connectivity index (χ2v) is 6.37. The van der Waals surface area contributed by atoms with Crippen molar-refractivity contribution in [1.29, 1.82) is 0 Å². The molecule has 0 saturated carbocycles. The molecule has 2 aromatic heterocycles. The molecule has 114 valence electrons. The number of fused-ring (bicyclic) bond motifs is 1. The summed E-state index contributed by atoms with van der Waals surface area (Å²) >= 11 is 1.34. The van der Waals surface area contributed by atoms with E-state index in [4.69, 9.17) is 0 Å². The summed E-state index contributed by atoms with van der Waals surface area (Å²) in [5, 5.41) is 4.15. The number of pyridine rings is 1. The topological polar surface area (TPSA) is 41.1 Å². The summed E-state index contributed by atoms with van der Waals surface area (Å²) in [6.07, 6.45) is -3.52. The minimum Gasteiger partial charge on any atom is -0.345 e. The Morgan fingerprint density at radius 1 is 1.29 bits per heavy atom. The maximum Gasteiger partial charge on any atom is 0.417 e. The predicted molar refractivity (Wildman–Crippen MR) is 76.7 cm³/mol. The lowest BCUT2D eigenvalue weighted by Crippen LogP contribution is -2.54. The van der Waals surface area contributed by atoms with Gasteiger partial charge in [-0.15, -0.1) is 0 Å². The molecule has 1 fully saturated rings. The fraction of sp³-hybridized carbons (Fsp3) is 0.538. The van der Waals surface area contributed by atoms with Crippen LogP contribution in [0, 0.1) is 0 Å². The van der Waals surface area contributed by atoms with Gasteiger partial charge in [0, 0.05) is 31.4 Å². The predicted octanol–water partition coefficient (Wildman–Crippen LogP) is 2.90. The van der Waals surface area contributed by atoms with E-state index in [9.17, 15) is 13.2 Å². The Morgan fingerprint density at radius 3 is 2.57 bits per heavy atom. The number of nitrogens with one attached hydrogen (secondary N) is 1. The van der Waals surface area contributed by atoms with Gasteiger partial charge in [0.1, 0.15) is 10.3 Å². The molecular weight excluding hydrogens is 301 g/mol. The van der Waals surface area contributed by atoms with E-state index in [1.807, 2.05) is 0 Å². The first-order valence-electron chi connectivity index (χ1n) is 6.67. The highest BCUT2D eigenvalue weighted by atomic mass is 32.1. The van der Waals surface area contributed by atoms with Crippen molar-refractivity contribution >= 4 is 26.8 Å². The average Bonchev–Trinajstić information content (AvgIpc) is 2.79. The van der Waals surface area contributed by atoms with Crippen LogP contribution in [0.1, 0.15) is 19.4 Å². The van der Waals surface area contributed by atoms with Crippen LogP contribution in [0.25, 0.3) is 10.3 Å². The highest BCUT2D eigenvalue weighted by Gasteiger charge is 2.32. The Kier molecular flexibility index (Phi) is 3.53. The summed E-state index contributed by atoms with van der Waals surface area (Å²) in [5.74, 6) is 0. The van der Waals surface area contributed by atoms with Crippen molar-refractivity contribution in [3.63, 3.8) is 0 Å². The summed E-state index contributed by atoms with van der Waals surface area (Å²) in [6, 6.07) is 1.70. The van der Waals surface area contributed by atoms with E-state index in [-0.39, 0.29) is 0 Å². The Labute approximate surface area is 124 Å². The third-order valence-corrected chi connectivity index (χ3v) is 4.43. The smallest absolute Gasteiger partial charge is 0.345 e. The fourth-order valence-electron chi connectivity index (χ4n) is 2.58. The average molecular weight is 316 g/mol. The van der Waals surface area contributed by atoms with Crippen molar-refractivity contribution in [3.8, 4) is 0 Å². The van der Waals surface area contributed by atoms with Crippen LogP contribution >= 0.6 is 11.3 Å². The van der Waals surface area contributed by atoms with Crippen LogP contribution in [0.3, 0.4) is 0 Å². The van der Waals surface area contributed by atoms with E-state index >= 15 is 0 Å². The van der Waals surface area contributed by atoms with Crippen LogP contribution in [0.2, 0.25) is 0 Å². The Morgan fingerprint density at radius 2 is 1.95 bits per heavy atom. The van der Waals surface area contributed by atoms with E-state index in [0.717, 1.165) is 30.5 Å². The summed E-state index contributed by atoms with van der Waals surface area (Å²) in [4.78, 5) is 10.9. The lowest BCUT2D eigenvalue weighted by molar-refractivity contribution is -0.137. The van der Waals surface area contributed by atoms with E-state index < -0.39 is 11.7 Å². The molecule has 21 heavy (non-hydrogen) atoms. The lowest BCUT2D eigenvalue weighted by Gasteiger charge is -2.35. The molecule has 0 unspecified atom stereocenters.